The number of hydrogen-bond acceptors (Lipinski definition) is 2. The number of anilines is 1. The van der Waals surface area contributed by atoms with E-state index in [-0.39, 0.29) is 17.5 Å². The molecule has 2 aromatic rings. The third-order valence-corrected chi connectivity index (χ3v) is 3.81. The molecule has 0 saturated carbocycles. The van der Waals surface area contributed by atoms with Crippen LogP contribution in [0.4, 0.5) is 10.1 Å². The first kappa shape index (κ1) is 15.0. The van der Waals surface area contributed by atoms with Gasteiger partial charge in [0.1, 0.15) is 5.82 Å². The second kappa shape index (κ2) is 5.95. The zero-order valence-corrected chi connectivity index (χ0v) is 12.4. The molecule has 0 heterocycles. The van der Waals surface area contributed by atoms with Crippen molar-refractivity contribution in [1.82, 2.24) is 4.90 Å². The Morgan fingerprint density at radius 1 is 1.24 bits per heavy atom. The Morgan fingerprint density at radius 2 is 1.86 bits per heavy atom. The van der Waals surface area contributed by atoms with Gasteiger partial charge in [0.15, 0.2) is 0 Å². The zero-order valence-electron chi connectivity index (χ0n) is 12.4. The van der Waals surface area contributed by atoms with Crippen LogP contribution in [0.2, 0.25) is 0 Å². The minimum Gasteiger partial charge on any atom is -0.398 e. The van der Waals surface area contributed by atoms with Crippen molar-refractivity contribution in [2.75, 3.05) is 12.8 Å². The average Bonchev–Trinajstić information content (AvgIpc) is 2.50. The van der Waals surface area contributed by atoms with Gasteiger partial charge in [0, 0.05) is 23.9 Å². The Hall–Kier alpha value is -2.36. The zero-order chi connectivity index (χ0) is 15.6. The maximum Gasteiger partial charge on any atom is 0.254 e. The number of halogens is 1. The predicted molar refractivity (Wildman–Crippen MR) is 82.5 cm³/mol. The summed E-state index contributed by atoms with van der Waals surface area (Å²) in [6, 6.07) is 12.3. The van der Waals surface area contributed by atoms with E-state index in [9.17, 15) is 9.18 Å². The van der Waals surface area contributed by atoms with Crippen LogP contribution in [-0.4, -0.2) is 17.9 Å². The Bertz CT molecular complexity index is 632. The number of nitrogens with zero attached hydrogens (tertiary/aromatic N) is 1. The monoisotopic (exact) mass is 286 g/mol. The molecule has 1 atom stereocenters. The molecular formula is C17H19FN2O. The molecule has 110 valence electrons. The highest BCUT2D eigenvalue weighted by Crippen LogP contribution is 2.23. The van der Waals surface area contributed by atoms with Gasteiger partial charge in [-0.15, -0.1) is 0 Å². The maximum atomic E-state index is 13.7. The number of rotatable bonds is 3. The summed E-state index contributed by atoms with van der Waals surface area (Å²) in [5.74, 6) is -0.712. The van der Waals surface area contributed by atoms with E-state index in [1.165, 1.54) is 12.1 Å². The minimum absolute atomic E-state index is 0.107. The van der Waals surface area contributed by atoms with Gasteiger partial charge in [0.2, 0.25) is 0 Å². The number of benzene rings is 2. The molecule has 1 unspecified atom stereocenters. The molecule has 0 fully saturated rings. The summed E-state index contributed by atoms with van der Waals surface area (Å²) >= 11 is 0. The topological polar surface area (TPSA) is 46.3 Å². The van der Waals surface area contributed by atoms with E-state index in [2.05, 4.69) is 0 Å². The van der Waals surface area contributed by atoms with Crippen LogP contribution in [0.3, 0.4) is 0 Å². The normalized spacial score (nSPS) is 12.0. The van der Waals surface area contributed by atoms with Crippen molar-refractivity contribution >= 4 is 11.6 Å². The van der Waals surface area contributed by atoms with Crippen LogP contribution in [-0.2, 0) is 0 Å². The number of amides is 1. The smallest absolute Gasteiger partial charge is 0.254 e. The van der Waals surface area contributed by atoms with Crippen molar-refractivity contribution in [2.45, 2.75) is 19.9 Å². The molecule has 2 N–H and O–H groups in total. The second-order valence-corrected chi connectivity index (χ2v) is 5.18. The van der Waals surface area contributed by atoms with Gasteiger partial charge in [0.05, 0.1) is 6.04 Å². The van der Waals surface area contributed by atoms with Crippen molar-refractivity contribution in [3.05, 3.63) is 65.0 Å². The summed E-state index contributed by atoms with van der Waals surface area (Å²) in [6.07, 6.45) is 0. The highest BCUT2D eigenvalue weighted by atomic mass is 19.1. The summed E-state index contributed by atoms with van der Waals surface area (Å²) in [7, 11) is 1.70. The van der Waals surface area contributed by atoms with E-state index in [4.69, 9.17) is 5.73 Å². The summed E-state index contributed by atoms with van der Waals surface area (Å²) < 4.78 is 13.7. The van der Waals surface area contributed by atoms with Gasteiger partial charge in [-0.2, -0.15) is 0 Å². The molecule has 2 aromatic carbocycles. The molecule has 0 spiro atoms. The van der Waals surface area contributed by atoms with Gasteiger partial charge in [-0.25, -0.2) is 4.39 Å². The van der Waals surface area contributed by atoms with Crippen molar-refractivity contribution in [3.8, 4) is 0 Å². The summed E-state index contributed by atoms with van der Waals surface area (Å²) in [5, 5.41) is 0. The van der Waals surface area contributed by atoms with Gasteiger partial charge in [-0.05, 0) is 31.5 Å². The Balaban J connectivity index is 2.27. The molecule has 2 rings (SSSR count). The van der Waals surface area contributed by atoms with Crippen molar-refractivity contribution in [3.63, 3.8) is 0 Å². The highest BCUT2D eigenvalue weighted by molar-refractivity contribution is 5.95. The van der Waals surface area contributed by atoms with Crippen LogP contribution in [0.15, 0.2) is 42.5 Å². The fourth-order valence-electron chi connectivity index (χ4n) is 2.16. The number of nitrogen functional groups attached to an aromatic ring is 1. The number of hydrogen-bond donors (Lipinski definition) is 1. The standard InChI is InChI=1S/C17H19FN2O/c1-11-15(18)9-14(10-16(11)19)17(21)20(3)12(2)13-7-5-4-6-8-13/h4-10,12H,19H2,1-3H3. The van der Waals surface area contributed by atoms with Crippen LogP contribution >= 0.6 is 0 Å². The lowest BCUT2D eigenvalue weighted by Crippen LogP contribution is -2.29. The van der Waals surface area contributed by atoms with Gasteiger partial charge in [-0.1, -0.05) is 30.3 Å². The van der Waals surface area contributed by atoms with Crippen molar-refractivity contribution in [2.24, 2.45) is 0 Å². The fraction of sp³-hybridized carbons (Fsp3) is 0.235. The van der Waals surface area contributed by atoms with Crippen LogP contribution < -0.4 is 5.73 Å². The number of nitrogens with two attached hydrogens (primary N) is 1. The SMILES string of the molecule is Cc1c(N)cc(C(=O)N(C)C(C)c2ccccc2)cc1F. The molecular weight excluding hydrogens is 267 g/mol. The lowest BCUT2D eigenvalue weighted by Gasteiger charge is -2.25. The van der Waals surface area contributed by atoms with E-state index in [1.54, 1.807) is 18.9 Å². The van der Waals surface area contributed by atoms with Gasteiger partial charge in [0.25, 0.3) is 5.91 Å². The predicted octanol–water partition coefficient (Wildman–Crippen LogP) is 3.55. The average molecular weight is 286 g/mol. The van der Waals surface area contributed by atoms with E-state index in [0.29, 0.717) is 11.3 Å². The first-order chi connectivity index (χ1) is 9.91. The van der Waals surface area contributed by atoms with Gasteiger partial charge in [-0.3, -0.25) is 4.79 Å². The van der Waals surface area contributed by atoms with E-state index < -0.39 is 5.82 Å². The lowest BCUT2D eigenvalue weighted by atomic mass is 10.0. The first-order valence-corrected chi connectivity index (χ1v) is 6.79. The van der Waals surface area contributed by atoms with Crippen LogP contribution in [0, 0.1) is 12.7 Å². The van der Waals surface area contributed by atoms with Crippen molar-refractivity contribution in [1.29, 1.82) is 0 Å². The first-order valence-electron chi connectivity index (χ1n) is 6.79. The second-order valence-electron chi connectivity index (χ2n) is 5.18. The molecule has 21 heavy (non-hydrogen) atoms. The molecule has 0 saturated heterocycles. The summed E-state index contributed by atoms with van der Waals surface area (Å²) in [6.45, 7) is 3.52. The quantitative estimate of drug-likeness (QED) is 0.877. The molecule has 0 aromatic heterocycles. The lowest BCUT2D eigenvalue weighted by molar-refractivity contribution is 0.0742. The van der Waals surface area contributed by atoms with Crippen LogP contribution in [0.25, 0.3) is 0 Å². The summed E-state index contributed by atoms with van der Waals surface area (Å²) in [4.78, 5) is 14.1. The maximum absolute atomic E-state index is 13.7. The Kier molecular flexibility index (Phi) is 4.26. The van der Waals surface area contributed by atoms with Gasteiger partial charge < -0.3 is 10.6 Å². The van der Waals surface area contributed by atoms with Crippen LogP contribution in [0.5, 0.6) is 0 Å². The largest absolute Gasteiger partial charge is 0.398 e. The number of carbonyl (C=O) groups is 1. The molecule has 0 radical (unpaired) electrons. The van der Waals surface area contributed by atoms with E-state index >= 15 is 0 Å². The molecule has 0 aliphatic rings. The molecule has 0 aliphatic carbocycles. The Morgan fingerprint density at radius 3 is 2.43 bits per heavy atom. The van der Waals surface area contributed by atoms with E-state index in [1.807, 2.05) is 37.3 Å². The molecule has 4 heteroatoms. The minimum atomic E-state index is -0.459. The molecule has 0 aliphatic heterocycles. The molecule has 1 amide bonds. The third-order valence-electron chi connectivity index (χ3n) is 3.81. The molecule has 0 bridgehead atoms. The van der Waals surface area contributed by atoms with Gasteiger partial charge >= 0.3 is 0 Å². The highest BCUT2D eigenvalue weighted by Gasteiger charge is 2.20. The number of carbonyl (C=O) groups excluding carboxylic acids is 1. The Labute approximate surface area is 124 Å². The van der Waals surface area contributed by atoms with Crippen LogP contribution in [0.1, 0.15) is 34.5 Å². The molecule has 3 nitrogen and oxygen atoms in total. The van der Waals surface area contributed by atoms with Crippen molar-refractivity contribution < 1.29 is 9.18 Å². The summed E-state index contributed by atoms with van der Waals surface area (Å²) in [5.41, 5.74) is 7.68. The van der Waals surface area contributed by atoms with E-state index in [0.717, 1.165) is 5.56 Å². The third kappa shape index (κ3) is 3.05. The fourth-order valence-corrected chi connectivity index (χ4v) is 2.16.